The van der Waals surface area contributed by atoms with Crippen molar-refractivity contribution in [3.63, 3.8) is 0 Å². The van der Waals surface area contributed by atoms with Gasteiger partial charge in [-0.15, -0.1) is 0 Å². The fraction of sp³-hybridized carbons (Fsp3) is 0.100. The van der Waals surface area contributed by atoms with Crippen LogP contribution in [0.2, 0.25) is 5.02 Å². The highest BCUT2D eigenvalue weighted by atomic mass is 35.5. The monoisotopic (exact) mass is 383 g/mol. The third-order valence-electron chi connectivity index (χ3n) is 3.78. The second-order valence-corrected chi connectivity index (χ2v) is 6.31. The number of halogens is 1. The van der Waals surface area contributed by atoms with Gasteiger partial charge < -0.3 is 20.4 Å². The second kappa shape index (κ2) is 8.42. The highest BCUT2D eigenvalue weighted by molar-refractivity contribution is 6.30. The van der Waals surface area contributed by atoms with Gasteiger partial charge in [0.15, 0.2) is 5.76 Å². The molecule has 3 rings (SSSR count). The van der Waals surface area contributed by atoms with Crippen LogP contribution in [0.4, 0.5) is 17.1 Å². The Morgan fingerprint density at radius 2 is 1.48 bits per heavy atom. The van der Waals surface area contributed by atoms with Crippen molar-refractivity contribution in [2.45, 2.75) is 13.0 Å². The van der Waals surface area contributed by atoms with E-state index in [0.29, 0.717) is 16.4 Å². The third-order valence-corrected chi connectivity index (χ3v) is 4.03. The lowest BCUT2D eigenvalue weighted by Gasteiger charge is -2.16. The number of hydrogen-bond acceptors (Lipinski definition) is 4. The maximum absolute atomic E-state index is 12.3. The van der Waals surface area contributed by atoms with Crippen LogP contribution in [-0.4, -0.2) is 17.9 Å². The molecule has 0 radical (unpaired) electrons. The lowest BCUT2D eigenvalue weighted by atomic mass is 10.2. The van der Waals surface area contributed by atoms with E-state index in [1.165, 1.54) is 6.26 Å². The largest absolute Gasteiger partial charge is 0.459 e. The summed E-state index contributed by atoms with van der Waals surface area (Å²) in [5.41, 5.74) is 2.05. The topological polar surface area (TPSA) is 83.4 Å². The van der Waals surface area contributed by atoms with E-state index in [9.17, 15) is 9.59 Å². The number of amides is 2. The number of furan rings is 1. The van der Waals surface area contributed by atoms with Gasteiger partial charge >= 0.3 is 0 Å². The van der Waals surface area contributed by atoms with E-state index in [0.717, 1.165) is 5.69 Å². The summed E-state index contributed by atoms with van der Waals surface area (Å²) in [7, 11) is 0. The summed E-state index contributed by atoms with van der Waals surface area (Å²) in [6, 6.07) is 16.7. The van der Waals surface area contributed by atoms with Crippen molar-refractivity contribution in [3.05, 3.63) is 77.7 Å². The van der Waals surface area contributed by atoms with Gasteiger partial charge in [0, 0.05) is 22.1 Å². The van der Waals surface area contributed by atoms with Gasteiger partial charge in [0.05, 0.1) is 6.26 Å². The Balaban J connectivity index is 1.54. The normalized spacial score (nSPS) is 11.5. The van der Waals surface area contributed by atoms with Gasteiger partial charge in [-0.3, -0.25) is 9.59 Å². The van der Waals surface area contributed by atoms with Gasteiger partial charge in [-0.1, -0.05) is 11.6 Å². The van der Waals surface area contributed by atoms with Crippen molar-refractivity contribution in [3.8, 4) is 0 Å². The molecule has 1 unspecified atom stereocenters. The summed E-state index contributed by atoms with van der Waals surface area (Å²) in [5.74, 6) is -0.256. The molecule has 0 bridgehead atoms. The lowest BCUT2D eigenvalue weighted by Crippen LogP contribution is -2.31. The molecule has 0 saturated heterocycles. The minimum atomic E-state index is -0.454. The Kier molecular flexibility index (Phi) is 5.78. The van der Waals surface area contributed by atoms with Crippen molar-refractivity contribution in [2.24, 2.45) is 0 Å². The van der Waals surface area contributed by atoms with Crippen molar-refractivity contribution in [1.29, 1.82) is 0 Å². The SMILES string of the molecule is CC(Nc1ccc(NC(=O)c2ccco2)cc1)C(=O)Nc1ccc(Cl)cc1. The molecule has 2 amide bonds. The van der Waals surface area contributed by atoms with Crippen LogP contribution >= 0.6 is 11.6 Å². The Bertz CT molecular complexity index is 907. The summed E-state index contributed by atoms with van der Waals surface area (Å²) < 4.78 is 5.05. The summed E-state index contributed by atoms with van der Waals surface area (Å²) in [5, 5.41) is 9.27. The van der Waals surface area contributed by atoms with E-state index in [4.69, 9.17) is 16.0 Å². The summed E-state index contributed by atoms with van der Waals surface area (Å²) in [6.45, 7) is 1.76. The second-order valence-electron chi connectivity index (χ2n) is 5.87. The van der Waals surface area contributed by atoms with Crippen LogP contribution in [-0.2, 0) is 4.79 Å². The molecule has 3 aromatic rings. The zero-order valence-electron chi connectivity index (χ0n) is 14.5. The number of anilines is 3. The van der Waals surface area contributed by atoms with Gasteiger partial charge in [-0.05, 0) is 67.6 Å². The first-order chi connectivity index (χ1) is 13.0. The van der Waals surface area contributed by atoms with Crippen LogP contribution in [0.3, 0.4) is 0 Å². The zero-order valence-corrected chi connectivity index (χ0v) is 15.3. The summed E-state index contributed by atoms with van der Waals surface area (Å²) in [6.07, 6.45) is 1.44. The van der Waals surface area contributed by atoms with E-state index in [-0.39, 0.29) is 17.6 Å². The van der Waals surface area contributed by atoms with E-state index >= 15 is 0 Å². The van der Waals surface area contributed by atoms with Gasteiger partial charge in [-0.25, -0.2) is 0 Å². The Labute approximate surface area is 161 Å². The predicted octanol–water partition coefficient (Wildman–Crippen LogP) is 4.62. The first-order valence-electron chi connectivity index (χ1n) is 8.29. The van der Waals surface area contributed by atoms with Crippen LogP contribution in [0.1, 0.15) is 17.5 Å². The fourth-order valence-electron chi connectivity index (χ4n) is 2.35. The Hall–Kier alpha value is -3.25. The average molecular weight is 384 g/mol. The van der Waals surface area contributed by atoms with E-state index in [2.05, 4.69) is 16.0 Å². The molecule has 27 heavy (non-hydrogen) atoms. The van der Waals surface area contributed by atoms with Crippen LogP contribution < -0.4 is 16.0 Å². The number of carbonyl (C=O) groups is 2. The number of benzene rings is 2. The van der Waals surface area contributed by atoms with Crippen molar-refractivity contribution < 1.29 is 14.0 Å². The van der Waals surface area contributed by atoms with Crippen LogP contribution in [0.5, 0.6) is 0 Å². The molecule has 1 aromatic heterocycles. The fourth-order valence-corrected chi connectivity index (χ4v) is 2.48. The standard InChI is InChI=1S/C20H18ClN3O3/c1-13(19(25)23-16-6-4-14(21)5-7-16)22-15-8-10-17(11-9-15)24-20(26)18-3-2-12-27-18/h2-13,22H,1H3,(H,23,25)(H,24,26). The maximum atomic E-state index is 12.3. The highest BCUT2D eigenvalue weighted by Gasteiger charge is 2.13. The van der Waals surface area contributed by atoms with Crippen LogP contribution in [0.25, 0.3) is 0 Å². The lowest BCUT2D eigenvalue weighted by molar-refractivity contribution is -0.116. The zero-order chi connectivity index (χ0) is 19.2. The first-order valence-corrected chi connectivity index (χ1v) is 8.67. The molecule has 138 valence electrons. The molecule has 2 aromatic carbocycles. The number of carbonyl (C=O) groups excluding carboxylic acids is 2. The molecule has 0 fully saturated rings. The number of hydrogen-bond donors (Lipinski definition) is 3. The van der Waals surface area contributed by atoms with Crippen molar-refractivity contribution in [2.75, 3.05) is 16.0 Å². The minimum Gasteiger partial charge on any atom is -0.459 e. The van der Waals surface area contributed by atoms with Gasteiger partial charge in [0.25, 0.3) is 5.91 Å². The number of rotatable bonds is 6. The Morgan fingerprint density at radius 1 is 0.889 bits per heavy atom. The van der Waals surface area contributed by atoms with Crippen LogP contribution in [0, 0.1) is 0 Å². The molecule has 1 atom stereocenters. The molecular formula is C20H18ClN3O3. The molecule has 1 heterocycles. The highest BCUT2D eigenvalue weighted by Crippen LogP contribution is 2.17. The molecule has 6 nitrogen and oxygen atoms in total. The molecule has 0 aliphatic heterocycles. The quantitative estimate of drug-likeness (QED) is 0.579. The van der Waals surface area contributed by atoms with Gasteiger partial charge in [-0.2, -0.15) is 0 Å². The minimum absolute atomic E-state index is 0.174. The molecule has 0 aliphatic rings. The van der Waals surface area contributed by atoms with Crippen molar-refractivity contribution >= 4 is 40.5 Å². The number of nitrogens with one attached hydrogen (secondary N) is 3. The van der Waals surface area contributed by atoms with E-state index < -0.39 is 6.04 Å². The van der Waals surface area contributed by atoms with E-state index in [1.54, 1.807) is 67.6 Å². The first kappa shape index (κ1) is 18.5. The Morgan fingerprint density at radius 3 is 2.11 bits per heavy atom. The van der Waals surface area contributed by atoms with E-state index in [1.807, 2.05) is 0 Å². The van der Waals surface area contributed by atoms with Gasteiger partial charge in [0.2, 0.25) is 5.91 Å². The molecule has 3 N–H and O–H groups in total. The summed E-state index contributed by atoms with van der Waals surface area (Å²) in [4.78, 5) is 24.2. The smallest absolute Gasteiger partial charge is 0.291 e. The maximum Gasteiger partial charge on any atom is 0.291 e. The summed E-state index contributed by atoms with van der Waals surface area (Å²) >= 11 is 5.83. The van der Waals surface area contributed by atoms with Crippen LogP contribution in [0.15, 0.2) is 71.3 Å². The molecular weight excluding hydrogens is 366 g/mol. The molecule has 7 heteroatoms. The van der Waals surface area contributed by atoms with Gasteiger partial charge in [0.1, 0.15) is 6.04 Å². The van der Waals surface area contributed by atoms with Crippen molar-refractivity contribution in [1.82, 2.24) is 0 Å². The third kappa shape index (κ3) is 5.12. The molecule has 0 saturated carbocycles. The molecule has 0 aliphatic carbocycles. The predicted molar refractivity (Wildman–Crippen MR) is 106 cm³/mol. The molecule has 0 spiro atoms. The average Bonchev–Trinajstić information content (AvgIpc) is 3.20.